The maximum absolute atomic E-state index is 13.3. The van der Waals surface area contributed by atoms with Gasteiger partial charge in [0.1, 0.15) is 12.6 Å². The van der Waals surface area contributed by atoms with Crippen molar-refractivity contribution in [3.05, 3.63) is 29.8 Å². The third-order valence-electron chi connectivity index (χ3n) is 6.64. The van der Waals surface area contributed by atoms with E-state index in [1.807, 2.05) is 0 Å². The third-order valence-corrected chi connectivity index (χ3v) is 6.64. The summed E-state index contributed by atoms with van der Waals surface area (Å²) in [7, 11) is 0. The molecule has 2 fully saturated rings. The Morgan fingerprint density at radius 1 is 1.14 bits per heavy atom. The molecule has 0 spiro atoms. The molecule has 1 saturated heterocycles. The van der Waals surface area contributed by atoms with Gasteiger partial charge in [0.25, 0.3) is 0 Å². The molecule has 1 atom stereocenters. The highest BCUT2D eigenvalue weighted by molar-refractivity contribution is 6.03. The molecular weight excluding hydrogens is 452 g/mol. The van der Waals surface area contributed by atoms with E-state index in [0.717, 1.165) is 25.7 Å². The highest BCUT2D eigenvalue weighted by Gasteiger charge is 2.32. The fraction of sp³-hybridized carbons (Fsp3) is 0.542. The summed E-state index contributed by atoms with van der Waals surface area (Å²) < 4.78 is 0. The minimum atomic E-state index is -1.09. The van der Waals surface area contributed by atoms with E-state index in [1.165, 1.54) is 9.80 Å². The van der Waals surface area contributed by atoms with Crippen LogP contribution in [-0.4, -0.2) is 83.2 Å². The largest absolute Gasteiger partial charge is 0.480 e. The van der Waals surface area contributed by atoms with Gasteiger partial charge in [-0.05, 0) is 50.7 Å². The van der Waals surface area contributed by atoms with E-state index >= 15 is 0 Å². The fourth-order valence-corrected chi connectivity index (χ4v) is 4.68. The Balaban J connectivity index is 1.59. The number of anilines is 1. The molecule has 1 aliphatic heterocycles. The Morgan fingerprint density at radius 2 is 1.83 bits per heavy atom. The van der Waals surface area contributed by atoms with E-state index in [0.29, 0.717) is 23.7 Å². The van der Waals surface area contributed by atoms with Crippen LogP contribution in [0.5, 0.6) is 0 Å². The van der Waals surface area contributed by atoms with Gasteiger partial charge in [-0.2, -0.15) is 0 Å². The van der Waals surface area contributed by atoms with Gasteiger partial charge in [-0.15, -0.1) is 0 Å². The van der Waals surface area contributed by atoms with Crippen molar-refractivity contribution in [1.29, 1.82) is 0 Å². The lowest BCUT2D eigenvalue weighted by atomic mass is 9.78. The zero-order chi connectivity index (χ0) is 25.5. The number of aliphatic imine (C=N–C) groups is 1. The topological polar surface area (TPSA) is 171 Å². The molecule has 0 radical (unpaired) electrons. The zero-order valence-electron chi connectivity index (χ0n) is 20.0. The summed E-state index contributed by atoms with van der Waals surface area (Å²) in [4.78, 5) is 56.1. The number of carboxylic acid groups (broad SMARTS) is 1. The van der Waals surface area contributed by atoms with Gasteiger partial charge in [0, 0.05) is 36.8 Å². The van der Waals surface area contributed by atoms with Crippen LogP contribution in [0.2, 0.25) is 0 Å². The number of Topliss-reactive ketones (excluding diaryl/α,β-unsaturated/α-hetero) is 1. The highest BCUT2D eigenvalue weighted by Crippen LogP contribution is 2.33. The van der Waals surface area contributed by atoms with Crippen LogP contribution in [-0.2, 0) is 14.4 Å². The standard InChI is InChI=1S/C24H34N6O5/c1-15(23(35)30-11-10-29(14-21(32)33)20(31)13-30)28-19-5-3-2-4-18(19)22(34)17-8-6-16(7-9-17)12-27-24(25)26/h2-5,15-17,28H,6-14H2,1H3,(H,32,33)(H4,25,26,27)/t15-,16?,17?/m0/s1. The van der Waals surface area contributed by atoms with Crippen LogP contribution >= 0.6 is 0 Å². The third kappa shape index (κ3) is 6.93. The average molecular weight is 487 g/mol. The molecule has 11 nitrogen and oxygen atoms in total. The molecule has 190 valence electrons. The van der Waals surface area contributed by atoms with E-state index in [-0.39, 0.29) is 49.7 Å². The van der Waals surface area contributed by atoms with Crippen molar-refractivity contribution in [2.24, 2.45) is 28.3 Å². The molecule has 2 amide bonds. The number of guanidine groups is 1. The molecule has 11 heteroatoms. The lowest BCUT2D eigenvalue weighted by molar-refractivity contribution is -0.150. The number of rotatable bonds is 9. The number of benzene rings is 1. The molecular formula is C24H34N6O5. The van der Waals surface area contributed by atoms with Gasteiger partial charge in [0.05, 0.1) is 6.54 Å². The first-order chi connectivity index (χ1) is 16.7. The second-order valence-corrected chi connectivity index (χ2v) is 9.23. The number of para-hydroxylation sites is 1. The molecule has 1 heterocycles. The predicted octanol–water partition coefficient (Wildman–Crippen LogP) is 0.505. The second kappa shape index (κ2) is 11.7. The van der Waals surface area contributed by atoms with Gasteiger partial charge in [-0.1, -0.05) is 12.1 Å². The molecule has 1 saturated carbocycles. The average Bonchev–Trinajstić information content (AvgIpc) is 2.83. The zero-order valence-corrected chi connectivity index (χ0v) is 20.0. The van der Waals surface area contributed by atoms with Gasteiger partial charge < -0.3 is 31.7 Å². The maximum Gasteiger partial charge on any atom is 0.323 e. The van der Waals surface area contributed by atoms with E-state index in [4.69, 9.17) is 16.6 Å². The van der Waals surface area contributed by atoms with Crippen molar-refractivity contribution >= 4 is 35.2 Å². The summed E-state index contributed by atoms with van der Waals surface area (Å²) >= 11 is 0. The summed E-state index contributed by atoms with van der Waals surface area (Å²) in [6.45, 7) is 2.15. The number of carboxylic acids is 1. The van der Waals surface area contributed by atoms with Crippen LogP contribution in [0.4, 0.5) is 5.69 Å². The van der Waals surface area contributed by atoms with Crippen molar-refractivity contribution in [2.75, 3.05) is 38.0 Å². The Hall–Kier alpha value is -3.63. The van der Waals surface area contributed by atoms with Gasteiger partial charge in [-0.25, -0.2) is 0 Å². The van der Waals surface area contributed by atoms with Crippen molar-refractivity contribution in [3.8, 4) is 0 Å². The van der Waals surface area contributed by atoms with Gasteiger partial charge in [-0.3, -0.25) is 24.2 Å². The lowest BCUT2D eigenvalue weighted by Gasteiger charge is -2.35. The maximum atomic E-state index is 13.3. The van der Waals surface area contributed by atoms with Crippen LogP contribution in [0.15, 0.2) is 29.3 Å². The highest BCUT2D eigenvalue weighted by atomic mass is 16.4. The van der Waals surface area contributed by atoms with Crippen LogP contribution in [0.3, 0.4) is 0 Å². The minimum absolute atomic E-state index is 0.0468. The minimum Gasteiger partial charge on any atom is -0.480 e. The molecule has 35 heavy (non-hydrogen) atoms. The number of aliphatic carboxylic acids is 1. The van der Waals surface area contributed by atoms with Crippen molar-refractivity contribution in [2.45, 2.75) is 38.6 Å². The number of nitrogens with two attached hydrogens (primary N) is 2. The van der Waals surface area contributed by atoms with E-state index in [2.05, 4.69) is 10.3 Å². The van der Waals surface area contributed by atoms with Crippen LogP contribution in [0.1, 0.15) is 43.0 Å². The molecule has 0 unspecified atom stereocenters. The van der Waals surface area contributed by atoms with Crippen LogP contribution in [0, 0.1) is 11.8 Å². The summed E-state index contributed by atoms with van der Waals surface area (Å²) in [5.74, 6) is -1.37. The molecule has 1 aromatic rings. The van der Waals surface area contributed by atoms with E-state index < -0.39 is 17.9 Å². The summed E-state index contributed by atoms with van der Waals surface area (Å²) in [6, 6.07) is 6.48. The molecule has 0 bridgehead atoms. The number of ketones is 1. The van der Waals surface area contributed by atoms with Crippen LogP contribution in [0.25, 0.3) is 0 Å². The number of hydrogen-bond acceptors (Lipinski definition) is 6. The quantitative estimate of drug-likeness (QED) is 0.222. The molecule has 3 rings (SSSR count). The fourth-order valence-electron chi connectivity index (χ4n) is 4.68. The number of hydrogen-bond donors (Lipinski definition) is 4. The molecule has 2 aliphatic rings. The molecule has 6 N–H and O–H groups in total. The van der Waals surface area contributed by atoms with Gasteiger partial charge in [0.15, 0.2) is 11.7 Å². The molecule has 1 aliphatic carbocycles. The second-order valence-electron chi connectivity index (χ2n) is 9.23. The number of nitrogens with one attached hydrogen (secondary N) is 1. The lowest BCUT2D eigenvalue weighted by Crippen LogP contribution is -2.55. The molecule has 1 aromatic carbocycles. The monoisotopic (exact) mass is 486 g/mol. The smallest absolute Gasteiger partial charge is 0.323 e. The normalized spacial score (nSPS) is 21.2. The number of carbonyl (C=O) groups excluding carboxylic acids is 3. The first-order valence-electron chi connectivity index (χ1n) is 11.9. The number of amides is 2. The summed E-state index contributed by atoms with van der Waals surface area (Å²) in [5, 5.41) is 12.1. The number of nitrogens with zero attached hydrogens (tertiary/aromatic N) is 3. The predicted molar refractivity (Wildman–Crippen MR) is 131 cm³/mol. The van der Waals surface area contributed by atoms with Crippen molar-refractivity contribution in [1.82, 2.24) is 9.80 Å². The Bertz CT molecular complexity index is 984. The summed E-state index contributed by atoms with van der Waals surface area (Å²) in [6.07, 6.45) is 3.27. The van der Waals surface area contributed by atoms with Gasteiger partial charge >= 0.3 is 5.97 Å². The Morgan fingerprint density at radius 3 is 2.46 bits per heavy atom. The first-order valence-corrected chi connectivity index (χ1v) is 11.9. The first kappa shape index (κ1) is 26.0. The molecule has 0 aromatic heterocycles. The van der Waals surface area contributed by atoms with Crippen LogP contribution < -0.4 is 16.8 Å². The van der Waals surface area contributed by atoms with Crippen molar-refractivity contribution in [3.63, 3.8) is 0 Å². The van der Waals surface area contributed by atoms with Crippen molar-refractivity contribution < 1.29 is 24.3 Å². The Labute approximate surface area is 204 Å². The number of carbonyl (C=O) groups is 4. The Kier molecular flexibility index (Phi) is 8.67. The van der Waals surface area contributed by atoms with E-state index in [9.17, 15) is 19.2 Å². The SMILES string of the molecule is C[C@H](Nc1ccccc1C(=O)C1CCC(CN=C(N)N)CC1)C(=O)N1CCN(CC(=O)O)C(=O)C1. The number of piperazine rings is 1. The van der Waals surface area contributed by atoms with E-state index in [1.54, 1.807) is 31.2 Å². The van der Waals surface area contributed by atoms with Gasteiger partial charge in [0.2, 0.25) is 11.8 Å². The summed E-state index contributed by atoms with van der Waals surface area (Å²) in [5.41, 5.74) is 12.0.